The lowest BCUT2D eigenvalue weighted by atomic mass is 10.0. The summed E-state index contributed by atoms with van der Waals surface area (Å²) in [7, 11) is 7.09. The van der Waals surface area contributed by atoms with Gasteiger partial charge in [0.25, 0.3) is 0 Å². The van der Waals surface area contributed by atoms with Crippen LogP contribution in [0, 0.1) is 17.0 Å². The SMILES string of the molecule is COC(=O)c1scc(C)c1Nc1nc(Nc2ccc(N3CCC(N(C)C)CC3)cc2OC)ncc1[N+](=O)[O-]. The quantitative estimate of drug-likeness (QED) is 0.224. The number of anilines is 5. The molecule has 1 aliphatic rings. The number of piperidine rings is 1. The van der Waals surface area contributed by atoms with E-state index in [-0.39, 0.29) is 17.5 Å². The van der Waals surface area contributed by atoms with Crippen LogP contribution >= 0.6 is 11.3 Å². The summed E-state index contributed by atoms with van der Waals surface area (Å²) < 4.78 is 10.5. The summed E-state index contributed by atoms with van der Waals surface area (Å²) in [5.74, 6) is 0.119. The van der Waals surface area contributed by atoms with E-state index in [1.54, 1.807) is 19.4 Å². The van der Waals surface area contributed by atoms with Gasteiger partial charge in [-0.05, 0) is 56.9 Å². The zero-order chi connectivity index (χ0) is 27.4. The van der Waals surface area contributed by atoms with E-state index in [4.69, 9.17) is 9.47 Å². The molecule has 3 aromatic rings. The number of nitrogens with one attached hydrogen (secondary N) is 2. The molecule has 38 heavy (non-hydrogen) atoms. The molecule has 0 amide bonds. The minimum Gasteiger partial charge on any atom is -0.494 e. The van der Waals surface area contributed by atoms with Crippen LogP contribution in [0.4, 0.5) is 34.5 Å². The standard InChI is InChI=1S/C25H31N7O5S/c1-15-14-38-22(24(33)37-5)21(15)28-23-19(32(34)35)13-26-25(29-23)27-18-7-6-17(12-20(18)36-4)31-10-8-16(9-11-31)30(2)3/h6-7,12-14,16H,8-11H2,1-5H3,(H2,26,27,28,29). The summed E-state index contributed by atoms with van der Waals surface area (Å²) in [5.41, 5.74) is 2.46. The van der Waals surface area contributed by atoms with Crippen LogP contribution in [0.25, 0.3) is 0 Å². The van der Waals surface area contributed by atoms with Gasteiger partial charge in [0.05, 0.1) is 30.5 Å². The Morgan fingerprint density at radius 3 is 2.61 bits per heavy atom. The highest BCUT2D eigenvalue weighted by Gasteiger charge is 2.24. The number of nitrogens with zero attached hydrogens (tertiary/aromatic N) is 5. The highest BCUT2D eigenvalue weighted by molar-refractivity contribution is 7.12. The zero-order valence-corrected chi connectivity index (χ0v) is 22.8. The third-order valence-corrected chi connectivity index (χ3v) is 7.62. The molecule has 1 aliphatic heterocycles. The van der Waals surface area contributed by atoms with E-state index in [0.29, 0.717) is 28.0 Å². The molecular formula is C25H31N7O5S. The van der Waals surface area contributed by atoms with Crippen molar-refractivity contribution >= 4 is 51.8 Å². The van der Waals surface area contributed by atoms with Crippen molar-refractivity contribution in [2.24, 2.45) is 0 Å². The molecule has 202 valence electrons. The normalized spacial score (nSPS) is 13.9. The third kappa shape index (κ3) is 5.78. The van der Waals surface area contributed by atoms with Crippen LogP contribution in [0.15, 0.2) is 29.8 Å². The number of rotatable bonds is 9. The molecule has 1 aromatic carbocycles. The molecule has 2 N–H and O–H groups in total. The fraction of sp³-hybridized carbons (Fsp3) is 0.400. The van der Waals surface area contributed by atoms with Crippen molar-refractivity contribution in [1.29, 1.82) is 0 Å². The van der Waals surface area contributed by atoms with Gasteiger partial charge in [0.2, 0.25) is 11.8 Å². The predicted octanol–water partition coefficient (Wildman–Crippen LogP) is 4.57. The topological polar surface area (TPSA) is 135 Å². The van der Waals surface area contributed by atoms with E-state index in [0.717, 1.165) is 43.4 Å². The molecule has 1 saturated heterocycles. The van der Waals surface area contributed by atoms with Crippen molar-refractivity contribution in [2.75, 3.05) is 56.9 Å². The first-order valence-corrected chi connectivity index (χ1v) is 12.9. The molecule has 0 saturated carbocycles. The first-order valence-electron chi connectivity index (χ1n) is 12.0. The second kappa shape index (κ2) is 11.6. The summed E-state index contributed by atoms with van der Waals surface area (Å²) in [6.45, 7) is 3.69. The molecule has 13 heteroatoms. The number of hydrogen-bond donors (Lipinski definition) is 2. The Balaban J connectivity index is 1.58. The van der Waals surface area contributed by atoms with Crippen molar-refractivity contribution in [3.05, 3.63) is 50.3 Å². The van der Waals surface area contributed by atoms with Crippen molar-refractivity contribution < 1.29 is 19.2 Å². The summed E-state index contributed by atoms with van der Waals surface area (Å²) in [4.78, 5) is 36.6. The van der Waals surface area contributed by atoms with Gasteiger partial charge in [-0.25, -0.2) is 9.78 Å². The van der Waals surface area contributed by atoms with E-state index < -0.39 is 10.9 Å². The molecule has 0 aliphatic carbocycles. The summed E-state index contributed by atoms with van der Waals surface area (Å²) >= 11 is 1.18. The van der Waals surface area contributed by atoms with Gasteiger partial charge in [0.15, 0.2) is 0 Å². The van der Waals surface area contributed by atoms with Crippen LogP contribution in [0.3, 0.4) is 0 Å². The van der Waals surface area contributed by atoms with E-state index in [9.17, 15) is 14.9 Å². The molecule has 4 rings (SSSR count). The molecule has 1 fully saturated rings. The number of ether oxygens (including phenoxy) is 2. The average molecular weight is 542 g/mol. The van der Waals surface area contributed by atoms with Gasteiger partial charge >= 0.3 is 11.7 Å². The van der Waals surface area contributed by atoms with Crippen LogP contribution < -0.4 is 20.3 Å². The maximum Gasteiger partial charge on any atom is 0.350 e. The largest absolute Gasteiger partial charge is 0.494 e. The molecule has 2 aromatic heterocycles. The fourth-order valence-corrected chi connectivity index (χ4v) is 5.28. The number of esters is 1. The Hall–Kier alpha value is -3.97. The maximum atomic E-state index is 12.2. The zero-order valence-electron chi connectivity index (χ0n) is 22.0. The number of carbonyl (C=O) groups is 1. The lowest BCUT2D eigenvalue weighted by Gasteiger charge is -2.36. The second-order valence-corrected chi connectivity index (χ2v) is 10.00. The van der Waals surface area contributed by atoms with Crippen LogP contribution in [-0.4, -0.2) is 73.2 Å². The van der Waals surface area contributed by atoms with Crippen LogP contribution in [0.2, 0.25) is 0 Å². The molecule has 3 heterocycles. The van der Waals surface area contributed by atoms with Crippen molar-refractivity contribution in [3.63, 3.8) is 0 Å². The number of carbonyl (C=O) groups excluding carboxylic acids is 1. The molecule has 0 atom stereocenters. The number of benzene rings is 1. The van der Waals surface area contributed by atoms with Gasteiger partial charge in [0, 0.05) is 30.9 Å². The predicted molar refractivity (Wildman–Crippen MR) is 148 cm³/mol. The van der Waals surface area contributed by atoms with E-state index in [1.807, 2.05) is 18.2 Å². The molecule has 0 radical (unpaired) electrons. The number of aromatic nitrogens is 2. The minimum atomic E-state index is -0.583. The third-order valence-electron chi connectivity index (χ3n) is 6.55. The Kier molecular flexibility index (Phi) is 8.27. The number of hydrogen-bond acceptors (Lipinski definition) is 12. The number of methoxy groups -OCH3 is 2. The highest BCUT2D eigenvalue weighted by atomic mass is 32.1. The summed E-state index contributed by atoms with van der Waals surface area (Å²) in [5, 5.41) is 19.5. The maximum absolute atomic E-state index is 12.2. The molecule has 12 nitrogen and oxygen atoms in total. The molecule has 0 bridgehead atoms. The van der Waals surface area contributed by atoms with Crippen molar-refractivity contribution in [3.8, 4) is 5.75 Å². The lowest BCUT2D eigenvalue weighted by Crippen LogP contribution is -2.41. The van der Waals surface area contributed by atoms with Gasteiger partial charge in [-0.2, -0.15) is 4.98 Å². The Morgan fingerprint density at radius 2 is 1.97 bits per heavy atom. The van der Waals surface area contributed by atoms with Crippen LogP contribution in [0.5, 0.6) is 5.75 Å². The fourth-order valence-electron chi connectivity index (χ4n) is 4.36. The number of aryl methyl sites for hydroxylation is 1. The first kappa shape index (κ1) is 27.1. The van der Waals surface area contributed by atoms with Crippen molar-refractivity contribution in [1.82, 2.24) is 14.9 Å². The highest BCUT2D eigenvalue weighted by Crippen LogP contribution is 2.36. The Labute approximate surface area is 224 Å². The smallest absolute Gasteiger partial charge is 0.350 e. The van der Waals surface area contributed by atoms with Gasteiger partial charge in [0.1, 0.15) is 16.8 Å². The van der Waals surface area contributed by atoms with Crippen molar-refractivity contribution in [2.45, 2.75) is 25.8 Å². The summed E-state index contributed by atoms with van der Waals surface area (Å²) in [6.07, 6.45) is 3.29. The van der Waals surface area contributed by atoms with Crippen LogP contribution in [-0.2, 0) is 4.74 Å². The lowest BCUT2D eigenvalue weighted by molar-refractivity contribution is -0.384. The first-order chi connectivity index (χ1) is 18.2. The molecule has 0 unspecified atom stereocenters. The van der Waals surface area contributed by atoms with Gasteiger partial charge < -0.3 is 29.9 Å². The van der Waals surface area contributed by atoms with Gasteiger partial charge in [-0.3, -0.25) is 10.1 Å². The summed E-state index contributed by atoms with van der Waals surface area (Å²) in [6, 6.07) is 6.42. The minimum absolute atomic E-state index is 0.0569. The molecular weight excluding hydrogens is 510 g/mol. The van der Waals surface area contributed by atoms with E-state index in [1.165, 1.54) is 18.4 Å². The van der Waals surface area contributed by atoms with Crippen LogP contribution in [0.1, 0.15) is 28.1 Å². The number of nitro groups is 1. The van der Waals surface area contributed by atoms with Gasteiger partial charge in [-0.1, -0.05) is 0 Å². The second-order valence-electron chi connectivity index (χ2n) is 9.12. The van der Waals surface area contributed by atoms with E-state index >= 15 is 0 Å². The Morgan fingerprint density at radius 1 is 1.24 bits per heavy atom. The average Bonchev–Trinajstić information content (AvgIpc) is 3.28. The molecule has 0 spiro atoms. The Bertz CT molecular complexity index is 1320. The van der Waals surface area contributed by atoms with Gasteiger partial charge in [-0.15, -0.1) is 11.3 Å². The number of thiophene rings is 1. The van der Waals surface area contributed by atoms with E-state index in [2.05, 4.69) is 44.5 Å². The monoisotopic (exact) mass is 541 g/mol.